The Bertz CT molecular complexity index is 950. The van der Waals surface area contributed by atoms with Crippen LogP contribution in [-0.4, -0.2) is 24.0 Å². The molecule has 0 spiro atoms. The van der Waals surface area contributed by atoms with E-state index in [4.69, 9.17) is 4.74 Å². The monoisotopic (exact) mass is 347 g/mol. The smallest absolute Gasteiger partial charge is 0.251 e. The maximum absolute atomic E-state index is 12.7. The molecule has 0 radical (unpaired) electrons. The summed E-state index contributed by atoms with van der Waals surface area (Å²) >= 11 is 0. The van der Waals surface area contributed by atoms with E-state index in [2.05, 4.69) is 15.6 Å². The first-order valence-corrected chi connectivity index (χ1v) is 8.82. The van der Waals surface area contributed by atoms with Crippen LogP contribution in [0.3, 0.4) is 0 Å². The predicted octanol–water partition coefficient (Wildman–Crippen LogP) is 3.21. The molecule has 132 valence electrons. The fourth-order valence-electron chi connectivity index (χ4n) is 3.32. The summed E-state index contributed by atoms with van der Waals surface area (Å²) in [7, 11) is 0. The van der Waals surface area contributed by atoms with Crippen LogP contribution in [-0.2, 0) is 6.54 Å². The Labute approximate surface area is 152 Å². The van der Waals surface area contributed by atoms with Crippen molar-refractivity contribution in [2.75, 3.05) is 13.2 Å². The standard InChI is InChI=1S/C21H21N3O2/c1-14(18-4-2-3-16-12-22-8-7-19(16)18)24-21(25)15-5-6-17-13-23-9-10-26-20(17)11-15/h2-8,11-12,14,23H,9-10,13H2,1H3,(H,24,25)/t14-/m0/s1. The Kier molecular flexibility index (Phi) is 4.54. The quantitative estimate of drug-likeness (QED) is 0.764. The van der Waals surface area contributed by atoms with E-state index in [-0.39, 0.29) is 11.9 Å². The average Bonchev–Trinajstić information content (AvgIpc) is 2.92. The van der Waals surface area contributed by atoms with Crippen molar-refractivity contribution < 1.29 is 9.53 Å². The molecule has 3 aromatic rings. The highest BCUT2D eigenvalue weighted by atomic mass is 16.5. The second-order valence-corrected chi connectivity index (χ2v) is 6.49. The second kappa shape index (κ2) is 7.14. The molecule has 0 unspecified atom stereocenters. The largest absolute Gasteiger partial charge is 0.492 e. The number of hydrogen-bond acceptors (Lipinski definition) is 4. The molecule has 1 aliphatic rings. The van der Waals surface area contributed by atoms with Gasteiger partial charge in [0.1, 0.15) is 12.4 Å². The molecule has 2 heterocycles. The number of ether oxygens (including phenoxy) is 1. The highest BCUT2D eigenvalue weighted by Gasteiger charge is 2.16. The van der Waals surface area contributed by atoms with Gasteiger partial charge >= 0.3 is 0 Å². The molecule has 0 fully saturated rings. The molecule has 1 atom stereocenters. The van der Waals surface area contributed by atoms with E-state index >= 15 is 0 Å². The summed E-state index contributed by atoms with van der Waals surface area (Å²) in [5.41, 5.74) is 2.77. The van der Waals surface area contributed by atoms with Gasteiger partial charge in [-0.1, -0.05) is 24.3 Å². The lowest BCUT2D eigenvalue weighted by molar-refractivity contribution is 0.0939. The van der Waals surface area contributed by atoms with Gasteiger partial charge in [-0.3, -0.25) is 9.78 Å². The summed E-state index contributed by atoms with van der Waals surface area (Å²) in [6.45, 7) is 4.18. The molecule has 2 N–H and O–H groups in total. The highest BCUT2D eigenvalue weighted by molar-refractivity contribution is 5.95. The Morgan fingerprint density at radius 2 is 2.19 bits per heavy atom. The Morgan fingerprint density at radius 3 is 3.12 bits per heavy atom. The van der Waals surface area contributed by atoms with E-state index < -0.39 is 0 Å². The first kappa shape index (κ1) is 16.5. The van der Waals surface area contributed by atoms with Crippen molar-refractivity contribution in [3.05, 3.63) is 71.5 Å². The van der Waals surface area contributed by atoms with E-state index in [1.165, 1.54) is 0 Å². The van der Waals surface area contributed by atoms with E-state index in [0.717, 1.165) is 40.7 Å². The number of benzene rings is 2. The Morgan fingerprint density at radius 1 is 1.27 bits per heavy atom. The molecular formula is C21H21N3O2. The normalized spacial score (nSPS) is 14.8. The summed E-state index contributed by atoms with van der Waals surface area (Å²) in [4.78, 5) is 16.9. The molecule has 1 aromatic heterocycles. The van der Waals surface area contributed by atoms with Gasteiger partial charge in [0.25, 0.3) is 5.91 Å². The molecule has 26 heavy (non-hydrogen) atoms. The van der Waals surface area contributed by atoms with Gasteiger partial charge in [0, 0.05) is 42.0 Å². The molecule has 0 bridgehead atoms. The zero-order chi connectivity index (χ0) is 17.9. The SMILES string of the molecule is C[C@H](NC(=O)c1ccc2c(c1)OCCNC2)c1cccc2cnccc12. The van der Waals surface area contributed by atoms with Crippen molar-refractivity contribution in [2.24, 2.45) is 0 Å². The molecule has 0 saturated carbocycles. The van der Waals surface area contributed by atoms with Crippen LogP contribution in [0.15, 0.2) is 54.9 Å². The van der Waals surface area contributed by atoms with Gasteiger partial charge in [-0.25, -0.2) is 0 Å². The number of nitrogens with zero attached hydrogens (tertiary/aromatic N) is 1. The van der Waals surface area contributed by atoms with Crippen molar-refractivity contribution in [3.63, 3.8) is 0 Å². The van der Waals surface area contributed by atoms with E-state index in [9.17, 15) is 4.79 Å². The molecule has 0 saturated heterocycles. The minimum absolute atomic E-state index is 0.104. The minimum atomic E-state index is -0.116. The van der Waals surface area contributed by atoms with Crippen LogP contribution in [0.2, 0.25) is 0 Å². The van der Waals surface area contributed by atoms with Crippen LogP contribution in [0.5, 0.6) is 5.75 Å². The number of nitrogens with one attached hydrogen (secondary N) is 2. The number of rotatable bonds is 3. The maximum atomic E-state index is 12.7. The fraction of sp³-hybridized carbons (Fsp3) is 0.238. The van der Waals surface area contributed by atoms with Crippen LogP contribution < -0.4 is 15.4 Å². The summed E-state index contributed by atoms with van der Waals surface area (Å²) in [6.07, 6.45) is 3.61. The summed E-state index contributed by atoms with van der Waals surface area (Å²) in [5, 5.41) is 8.56. The number of pyridine rings is 1. The molecule has 2 aromatic carbocycles. The number of hydrogen-bond donors (Lipinski definition) is 2. The van der Waals surface area contributed by atoms with Gasteiger partial charge in [0.2, 0.25) is 0 Å². The number of fused-ring (bicyclic) bond motifs is 2. The summed E-state index contributed by atoms with van der Waals surface area (Å²) < 4.78 is 5.74. The third kappa shape index (κ3) is 3.26. The van der Waals surface area contributed by atoms with Crippen molar-refractivity contribution in [2.45, 2.75) is 19.5 Å². The molecule has 4 rings (SSSR count). The van der Waals surface area contributed by atoms with Crippen molar-refractivity contribution >= 4 is 16.7 Å². The Hall–Kier alpha value is -2.92. The van der Waals surface area contributed by atoms with Crippen LogP contribution in [0.25, 0.3) is 10.8 Å². The molecule has 0 aliphatic carbocycles. The fourth-order valence-corrected chi connectivity index (χ4v) is 3.32. The van der Waals surface area contributed by atoms with Crippen LogP contribution >= 0.6 is 0 Å². The zero-order valence-electron chi connectivity index (χ0n) is 14.7. The van der Waals surface area contributed by atoms with Gasteiger partial charge in [-0.15, -0.1) is 0 Å². The minimum Gasteiger partial charge on any atom is -0.492 e. The molecule has 1 aliphatic heterocycles. The number of carbonyl (C=O) groups excluding carboxylic acids is 1. The van der Waals surface area contributed by atoms with Gasteiger partial charge < -0.3 is 15.4 Å². The number of amides is 1. The zero-order valence-corrected chi connectivity index (χ0v) is 14.7. The predicted molar refractivity (Wildman–Crippen MR) is 101 cm³/mol. The van der Waals surface area contributed by atoms with Gasteiger partial charge in [0.05, 0.1) is 6.04 Å². The van der Waals surface area contributed by atoms with Crippen LogP contribution in [0, 0.1) is 0 Å². The second-order valence-electron chi connectivity index (χ2n) is 6.49. The third-order valence-electron chi connectivity index (χ3n) is 4.71. The first-order chi connectivity index (χ1) is 12.7. The molecule has 1 amide bonds. The summed E-state index contributed by atoms with van der Waals surface area (Å²) in [5.74, 6) is 0.679. The molecule has 5 nitrogen and oxygen atoms in total. The molecule has 5 heteroatoms. The van der Waals surface area contributed by atoms with Crippen molar-refractivity contribution in [1.82, 2.24) is 15.6 Å². The van der Waals surface area contributed by atoms with Crippen molar-refractivity contribution in [1.29, 1.82) is 0 Å². The van der Waals surface area contributed by atoms with Crippen LogP contribution in [0.1, 0.15) is 34.5 Å². The Balaban J connectivity index is 1.57. The number of carbonyl (C=O) groups is 1. The van der Waals surface area contributed by atoms with Gasteiger partial charge in [0.15, 0.2) is 0 Å². The van der Waals surface area contributed by atoms with Crippen molar-refractivity contribution in [3.8, 4) is 5.75 Å². The molecular weight excluding hydrogens is 326 g/mol. The lowest BCUT2D eigenvalue weighted by Gasteiger charge is -2.17. The lowest BCUT2D eigenvalue weighted by Crippen LogP contribution is -2.26. The summed E-state index contributed by atoms with van der Waals surface area (Å²) in [6, 6.07) is 13.6. The first-order valence-electron chi connectivity index (χ1n) is 8.82. The topological polar surface area (TPSA) is 63.2 Å². The van der Waals surface area contributed by atoms with E-state index in [1.807, 2.05) is 55.6 Å². The maximum Gasteiger partial charge on any atom is 0.251 e. The average molecular weight is 347 g/mol. The lowest BCUT2D eigenvalue weighted by atomic mass is 10.0. The van der Waals surface area contributed by atoms with Gasteiger partial charge in [-0.2, -0.15) is 0 Å². The van der Waals surface area contributed by atoms with E-state index in [0.29, 0.717) is 12.2 Å². The highest BCUT2D eigenvalue weighted by Crippen LogP contribution is 2.25. The van der Waals surface area contributed by atoms with E-state index in [1.54, 1.807) is 6.20 Å². The van der Waals surface area contributed by atoms with Crippen LogP contribution in [0.4, 0.5) is 0 Å². The van der Waals surface area contributed by atoms with Gasteiger partial charge in [-0.05, 0) is 36.1 Å². The third-order valence-corrected chi connectivity index (χ3v) is 4.71. The number of aromatic nitrogens is 1.